The Hall–Kier alpha value is -2.15. The number of rotatable bonds is 1. The van der Waals surface area contributed by atoms with Gasteiger partial charge in [-0.05, 0) is 33.8 Å². The monoisotopic (exact) mass is 363 g/mol. The largest absolute Gasteiger partial charge is 0.444 e. The number of carbonyl (C=O) groups excluding carboxylic acids is 1. The van der Waals surface area contributed by atoms with Crippen LogP contribution >= 0.6 is 11.6 Å². The van der Waals surface area contributed by atoms with Gasteiger partial charge in [-0.15, -0.1) is 10.2 Å². The molecule has 0 aliphatic carbocycles. The van der Waals surface area contributed by atoms with Crippen LogP contribution in [0.4, 0.5) is 10.6 Å². The van der Waals surface area contributed by atoms with E-state index in [0.717, 1.165) is 16.6 Å². The van der Waals surface area contributed by atoms with Crippen LogP contribution in [0.25, 0.3) is 10.8 Å². The van der Waals surface area contributed by atoms with Crippen molar-refractivity contribution in [2.45, 2.75) is 39.3 Å². The molecule has 0 aromatic carbocycles. The maximum absolute atomic E-state index is 12.3. The van der Waals surface area contributed by atoms with Crippen LogP contribution in [0, 0.1) is 0 Å². The summed E-state index contributed by atoms with van der Waals surface area (Å²) in [5, 5.41) is 10.4. The van der Waals surface area contributed by atoms with E-state index in [0.29, 0.717) is 24.8 Å². The Morgan fingerprint density at radius 1 is 1.28 bits per heavy atom. The molecular weight excluding hydrogens is 342 g/mol. The number of pyridine rings is 1. The van der Waals surface area contributed by atoms with Gasteiger partial charge >= 0.3 is 6.09 Å². The number of anilines is 1. The number of nitrogens with zero attached hydrogens (tertiary/aromatic N) is 5. The molecule has 1 amide bonds. The third-order valence-electron chi connectivity index (χ3n) is 4.07. The Morgan fingerprint density at radius 2 is 2.04 bits per heavy atom. The first-order valence-corrected chi connectivity index (χ1v) is 8.64. The van der Waals surface area contributed by atoms with Crippen molar-refractivity contribution in [1.29, 1.82) is 0 Å². The second kappa shape index (κ2) is 6.63. The van der Waals surface area contributed by atoms with Crippen LogP contribution in [-0.2, 0) is 4.74 Å². The topological polar surface area (TPSA) is 71.5 Å². The van der Waals surface area contributed by atoms with Gasteiger partial charge in [-0.3, -0.25) is 4.98 Å². The summed E-state index contributed by atoms with van der Waals surface area (Å²) >= 11 is 6.13. The molecule has 0 N–H and O–H groups in total. The molecule has 1 aliphatic rings. The zero-order chi connectivity index (χ0) is 18.2. The highest BCUT2D eigenvalue weighted by Crippen LogP contribution is 2.29. The molecule has 1 aliphatic heterocycles. The lowest BCUT2D eigenvalue weighted by atomic mass is 10.1. The number of ether oxygens (including phenoxy) is 1. The van der Waals surface area contributed by atoms with E-state index in [9.17, 15) is 4.79 Å². The zero-order valence-electron chi connectivity index (χ0n) is 14.9. The normalized spacial score (nSPS) is 18.5. The predicted octanol–water partition coefficient (Wildman–Crippen LogP) is 3.12. The summed E-state index contributed by atoms with van der Waals surface area (Å²) in [6, 6.07) is 1.96. The lowest BCUT2D eigenvalue weighted by Gasteiger charge is -2.40. The van der Waals surface area contributed by atoms with Crippen LogP contribution in [0.1, 0.15) is 27.7 Å². The van der Waals surface area contributed by atoms with Crippen molar-refractivity contribution < 1.29 is 9.53 Å². The minimum atomic E-state index is -0.498. The van der Waals surface area contributed by atoms with Gasteiger partial charge in [0.2, 0.25) is 0 Å². The summed E-state index contributed by atoms with van der Waals surface area (Å²) in [6.45, 7) is 9.44. The van der Waals surface area contributed by atoms with Gasteiger partial charge in [0.15, 0.2) is 11.0 Å². The third-order valence-corrected chi connectivity index (χ3v) is 4.35. The molecule has 0 unspecified atom stereocenters. The van der Waals surface area contributed by atoms with Crippen LogP contribution in [-0.4, -0.2) is 57.5 Å². The van der Waals surface area contributed by atoms with Gasteiger partial charge in [0.25, 0.3) is 0 Å². The van der Waals surface area contributed by atoms with Gasteiger partial charge in [-0.2, -0.15) is 0 Å². The molecule has 1 fully saturated rings. The molecule has 7 nitrogen and oxygen atoms in total. The first-order chi connectivity index (χ1) is 11.8. The lowest BCUT2D eigenvalue weighted by molar-refractivity contribution is 0.0218. The molecule has 1 saturated heterocycles. The van der Waals surface area contributed by atoms with E-state index in [2.05, 4.69) is 27.0 Å². The van der Waals surface area contributed by atoms with Gasteiger partial charge in [-0.25, -0.2) is 4.79 Å². The molecule has 0 bridgehead atoms. The number of amides is 1. The SMILES string of the molecule is C[C@@H]1CN(C(=O)OC(C)(C)C)CCN1c1nnc(Cl)c2cnccc12. The first-order valence-electron chi connectivity index (χ1n) is 8.27. The summed E-state index contributed by atoms with van der Waals surface area (Å²) in [5.41, 5.74) is -0.498. The van der Waals surface area contributed by atoms with Crippen molar-refractivity contribution in [1.82, 2.24) is 20.1 Å². The van der Waals surface area contributed by atoms with Gasteiger partial charge in [0.05, 0.1) is 0 Å². The molecule has 8 heteroatoms. The number of aromatic nitrogens is 3. The fourth-order valence-electron chi connectivity index (χ4n) is 2.93. The molecule has 0 radical (unpaired) electrons. The highest BCUT2D eigenvalue weighted by atomic mass is 35.5. The third kappa shape index (κ3) is 3.76. The molecule has 0 saturated carbocycles. The number of halogens is 1. The quantitative estimate of drug-likeness (QED) is 0.775. The molecule has 0 spiro atoms. The fraction of sp³-hybridized carbons (Fsp3) is 0.529. The minimum Gasteiger partial charge on any atom is -0.444 e. The number of fused-ring (bicyclic) bond motifs is 1. The Morgan fingerprint density at radius 3 is 2.72 bits per heavy atom. The number of carbonyl (C=O) groups is 1. The Labute approximate surface area is 151 Å². The Kier molecular flexibility index (Phi) is 4.69. The molecule has 2 aromatic heterocycles. The zero-order valence-corrected chi connectivity index (χ0v) is 15.6. The summed E-state index contributed by atoms with van der Waals surface area (Å²) in [6.07, 6.45) is 3.12. The second-order valence-electron chi connectivity index (χ2n) is 7.20. The highest BCUT2D eigenvalue weighted by molar-refractivity contribution is 6.34. The molecule has 3 heterocycles. The van der Waals surface area contributed by atoms with Crippen LogP contribution in [0.15, 0.2) is 18.5 Å². The maximum Gasteiger partial charge on any atom is 0.410 e. The van der Waals surface area contributed by atoms with Gasteiger partial charge in [0, 0.05) is 48.8 Å². The van der Waals surface area contributed by atoms with Crippen LogP contribution < -0.4 is 4.90 Å². The second-order valence-corrected chi connectivity index (χ2v) is 7.56. The molecule has 2 aromatic rings. The molecule has 3 rings (SSSR count). The number of hydrogen-bond donors (Lipinski definition) is 0. The Bertz CT molecular complexity index is 792. The predicted molar refractivity (Wildman–Crippen MR) is 97.0 cm³/mol. The van der Waals surface area contributed by atoms with E-state index in [4.69, 9.17) is 16.3 Å². The van der Waals surface area contributed by atoms with Crippen molar-refractivity contribution in [3.8, 4) is 0 Å². The van der Waals surface area contributed by atoms with E-state index < -0.39 is 5.60 Å². The molecule has 134 valence electrons. The summed E-state index contributed by atoms with van der Waals surface area (Å²) in [4.78, 5) is 20.3. The standard InChI is InChI=1S/C17H22ClN5O2/c1-11-10-22(16(24)25-17(2,3)4)7-8-23(11)15-12-5-6-19-9-13(12)14(18)20-21-15/h5-6,9,11H,7-8,10H2,1-4H3/t11-/m1/s1. The van der Waals surface area contributed by atoms with Crippen molar-refractivity contribution in [3.05, 3.63) is 23.6 Å². The van der Waals surface area contributed by atoms with E-state index in [1.807, 2.05) is 26.8 Å². The van der Waals surface area contributed by atoms with Crippen molar-refractivity contribution in [3.63, 3.8) is 0 Å². The minimum absolute atomic E-state index is 0.0770. The number of piperazine rings is 1. The van der Waals surface area contributed by atoms with Gasteiger partial charge < -0.3 is 14.5 Å². The summed E-state index contributed by atoms with van der Waals surface area (Å²) in [7, 11) is 0. The average Bonchev–Trinajstić information content (AvgIpc) is 2.54. The van der Waals surface area contributed by atoms with Crippen molar-refractivity contribution >= 4 is 34.3 Å². The first kappa shape index (κ1) is 17.7. The highest BCUT2D eigenvalue weighted by Gasteiger charge is 2.31. The van der Waals surface area contributed by atoms with Crippen LogP contribution in [0.5, 0.6) is 0 Å². The molecule has 25 heavy (non-hydrogen) atoms. The summed E-state index contributed by atoms with van der Waals surface area (Å²) in [5.74, 6) is 0.762. The Balaban J connectivity index is 1.81. The van der Waals surface area contributed by atoms with Crippen molar-refractivity contribution in [2.24, 2.45) is 0 Å². The molecular formula is C17H22ClN5O2. The van der Waals surface area contributed by atoms with E-state index in [1.165, 1.54) is 0 Å². The maximum atomic E-state index is 12.3. The van der Waals surface area contributed by atoms with E-state index in [-0.39, 0.29) is 12.1 Å². The fourth-order valence-corrected chi connectivity index (χ4v) is 3.12. The van der Waals surface area contributed by atoms with Crippen molar-refractivity contribution in [2.75, 3.05) is 24.5 Å². The van der Waals surface area contributed by atoms with E-state index in [1.54, 1.807) is 17.3 Å². The average molecular weight is 364 g/mol. The molecule has 1 atom stereocenters. The van der Waals surface area contributed by atoms with Gasteiger partial charge in [0.1, 0.15) is 5.60 Å². The number of hydrogen-bond acceptors (Lipinski definition) is 6. The smallest absolute Gasteiger partial charge is 0.410 e. The lowest BCUT2D eigenvalue weighted by Crippen LogP contribution is -2.55. The van der Waals surface area contributed by atoms with Crippen LogP contribution in [0.2, 0.25) is 5.15 Å². The van der Waals surface area contributed by atoms with E-state index >= 15 is 0 Å². The van der Waals surface area contributed by atoms with Crippen LogP contribution in [0.3, 0.4) is 0 Å². The summed E-state index contributed by atoms with van der Waals surface area (Å²) < 4.78 is 5.47. The van der Waals surface area contributed by atoms with Gasteiger partial charge in [-0.1, -0.05) is 11.6 Å².